The maximum atomic E-state index is 12.0. The third-order valence-corrected chi connectivity index (χ3v) is 3.89. The van der Waals surface area contributed by atoms with Gasteiger partial charge in [-0.05, 0) is 42.8 Å². The summed E-state index contributed by atoms with van der Waals surface area (Å²) < 4.78 is 0.906. The first kappa shape index (κ1) is 18.0. The summed E-state index contributed by atoms with van der Waals surface area (Å²) in [5.74, 6) is -0.185. The van der Waals surface area contributed by atoms with Crippen molar-refractivity contribution in [1.82, 2.24) is 0 Å². The number of anilines is 3. The van der Waals surface area contributed by atoms with E-state index in [2.05, 4.69) is 31.9 Å². The summed E-state index contributed by atoms with van der Waals surface area (Å²) in [6, 6.07) is 13.0. The average Bonchev–Trinajstić information content (AvgIpc) is 2.55. The lowest BCUT2D eigenvalue weighted by atomic mass is 10.1. The molecule has 0 heterocycles. The van der Waals surface area contributed by atoms with Gasteiger partial charge < -0.3 is 16.0 Å². The normalized spacial score (nSPS) is 10.1. The lowest BCUT2D eigenvalue weighted by Crippen LogP contribution is -2.21. The van der Waals surface area contributed by atoms with Crippen molar-refractivity contribution in [3.05, 3.63) is 52.5 Å². The van der Waals surface area contributed by atoms with Gasteiger partial charge in [0, 0.05) is 28.0 Å². The zero-order valence-electron chi connectivity index (χ0n) is 13.7. The van der Waals surface area contributed by atoms with Crippen molar-refractivity contribution in [3.63, 3.8) is 0 Å². The van der Waals surface area contributed by atoms with E-state index in [9.17, 15) is 9.59 Å². The minimum absolute atomic E-state index is 0.0392. The van der Waals surface area contributed by atoms with E-state index in [-0.39, 0.29) is 18.4 Å². The van der Waals surface area contributed by atoms with Crippen LogP contribution in [0.2, 0.25) is 0 Å². The molecule has 2 rings (SSSR count). The first-order chi connectivity index (χ1) is 11.5. The molecule has 0 aliphatic heterocycles. The molecule has 0 spiro atoms. The van der Waals surface area contributed by atoms with E-state index in [0.29, 0.717) is 6.42 Å². The Balaban J connectivity index is 1.95. The predicted octanol–water partition coefficient (Wildman–Crippen LogP) is 4.16. The molecule has 2 amide bonds. The lowest BCUT2D eigenvalue weighted by molar-refractivity contribution is -0.116. The van der Waals surface area contributed by atoms with Crippen LogP contribution in [0, 0.1) is 6.92 Å². The molecule has 3 N–H and O–H groups in total. The molecule has 2 aromatic rings. The van der Waals surface area contributed by atoms with Gasteiger partial charge in [-0.1, -0.05) is 35.0 Å². The molecule has 0 fully saturated rings. The van der Waals surface area contributed by atoms with Crippen molar-refractivity contribution in [2.45, 2.75) is 20.3 Å². The summed E-state index contributed by atoms with van der Waals surface area (Å²) >= 11 is 3.37. The highest BCUT2D eigenvalue weighted by atomic mass is 79.9. The van der Waals surface area contributed by atoms with Crippen LogP contribution in [0.15, 0.2) is 46.9 Å². The third-order valence-electron chi connectivity index (χ3n) is 3.39. The average molecular weight is 390 g/mol. The van der Waals surface area contributed by atoms with Crippen LogP contribution in [0.4, 0.5) is 17.1 Å². The Kier molecular flexibility index (Phi) is 6.37. The van der Waals surface area contributed by atoms with E-state index in [1.54, 1.807) is 6.92 Å². The monoisotopic (exact) mass is 389 g/mol. The molecule has 126 valence electrons. The first-order valence-electron chi connectivity index (χ1n) is 7.67. The highest BCUT2D eigenvalue weighted by Gasteiger charge is 2.06. The number of aryl methyl sites for hydroxylation is 1. The maximum Gasteiger partial charge on any atom is 0.243 e. The topological polar surface area (TPSA) is 70.2 Å². The van der Waals surface area contributed by atoms with Crippen LogP contribution in [0.25, 0.3) is 0 Å². The van der Waals surface area contributed by atoms with E-state index >= 15 is 0 Å². The molecule has 5 nitrogen and oxygen atoms in total. The quantitative estimate of drug-likeness (QED) is 0.694. The number of carbonyl (C=O) groups is 2. The molecule has 0 bridgehead atoms. The first-order valence-corrected chi connectivity index (χ1v) is 8.47. The van der Waals surface area contributed by atoms with Gasteiger partial charge in [0.15, 0.2) is 0 Å². The Labute approximate surface area is 150 Å². The fraction of sp³-hybridized carbons (Fsp3) is 0.222. The van der Waals surface area contributed by atoms with Crippen LogP contribution < -0.4 is 16.0 Å². The number of hydrogen-bond donors (Lipinski definition) is 3. The van der Waals surface area contributed by atoms with E-state index in [0.717, 1.165) is 27.1 Å². The molecule has 0 aliphatic carbocycles. The van der Waals surface area contributed by atoms with Crippen molar-refractivity contribution in [2.24, 2.45) is 0 Å². The molecule has 0 atom stereocenters. The van der Waals surface area contributed by atoms with Crippen molar-refractivity contribution in [3.8, 4) is 0 Å². The van der Waals surface area contributed by atoms with Crippen molar-refractivity contribution < 1.29 is 9.59 Å². The van der Waals surface area contributed by atoms with Gasteiger partial charge in [0.25, 0.3) is 0 Å². The second-order valence-electron chi connectivity index (χ2n) is 5.34. The number of rotatable bonds is 6. The van der Waals surface area contributed by atoms with Gasteiger partial charge in [-0.3, -0.25) is 9.59 Å². The second kappa shape index (κ2) is 8.49. The standard InChI is InChI=1S/C18H20BrN3O2/c1-3-17(23)22-16-10-14(8-7-12(16)2)20-11-18(24)21-15-6-4-5-13(19)9-15/h4-10,20H,3,11H2,1-2H3,(H,21,24)(H,22,23). The summed E-state index contributed by atoms with van der Waals surface area (Å²) in [5, 5.41) is 8.73. The second-order valence-corrected chi connectivity index (χ2v) is 6.26. The largest absolute Gasteiger partial charge is 0.376 e. The van der Waals surface area contributed by atoms with Gasteiger partial charge in [0.2, 0.25) is 11.8 Å². The number of hydrogen-bond acceptors (Lipinski definition) is 3. The number of carbonyl (C=O) groups excluding carboxylic acids is 2. The van der Waals surface area contributed by atoms with Crippen LogP contribution in [0.3, 0.4) is 0 Å². The molecule has 0 aromatic heterocycles. The predicted molar refractivity (Wildman–Crippen MR) is 101 cm³/mol. The van der Waals surface area contributed by atoms with Crippen molar-refractivity contribution in [1.29, 1.82) is 0 Å². The number of benzene rings is 2. The van der Waals surface area contributed by atoms with Gasteiger partial charge in [-0.2, -0.15) is 0 Å². The lowest BCUT2D eigenvalue weighted by Gasteiger charge is -2.12. The zero-order valence-corrected chi connectivity index (χ0v) is 15.2. The smallest absolute Gasteiger partial charge is 0.243 e. The van der Waals surface area contributed by atoms with Gasteiger partial charge in [-0.15, -0.1) is 0 Å². The Morgan fingerprint density at radius 2 is 1.79 bits per heavy atom. The Morgan fingerprint density at radius 3 is 2.50 bits per heavy atom. The van der Waals surface area contributed by atoms with Crippen LogP contribution in [-0.4, -0.2) is 18.4 Å². The summed E-state index contributed by atoms with van der Waals surface area (Å²) in [5.41, 5.74) is 3.23. The van der Waals surface area contributed by atoms with Gasteiger partial charge >= 0.3 is 0 Å². The number of nitrogens with one attached hydrogen (secondary N) is 3. The van der Waals surface area contributed by atoms with Gasteiger partial charge in [-0.25, -0.2) is 0 Å². The van der Waals surface area contributed by atoms with Crippen LogP contribution in [0.5, 0.6) is 0 Å². The molecule has 0 radical (unpaired) electrons. The van der Waals surface area contributed by atoms with Gasteiger partial charge in [0.05, 0.1) is 6.54 Å². The number of halogens is 1. The van der Waals surface area contributed by atoms with E-state index in [1.807, 2.05) is 49.4 Å². The van der Waals surface area contributed by atoms with Gasteiger partial charge in [0.1, 0.15) is 0 Å². The molecule has 6 heteroatoms. The molecule has 0 saturated heterocycles. The highest BCUT2D eigenvalue weighted by Crippen LogP contribution is 2.20. The molecule has 0 unspecified atom stereocenters. The fourth-order valence-corrected chi connectivity index (χ4v) is 2.46. The zero-order chi connectivity index (χ0) is 17.5. The molecule has 0 saturated carbocycles. The van der Waals surface area contributed by atoms with Crippen molar-refractivity contribution in [2.75, 3.05) is 22.5 Å². The Hall–Kier alpha value is -2.34. The third kappa shape index (κ3) is 5.38. The molecular weight excluding hydrogens is 370 g/mol. The van der Waals surface area contributed by atoms with Crippen LogP contribution in [0.1, 0.15) is 18.9 Å². The minimum atomic E-state index is -0.146. The summed E-state index contributed by atoms with van der Waals surface area (Å²) in [6.07, 6.45) is 0.423. The molecular formula is C18H20BrN3O2. The summed E-state index contributed by atoms with van der Waals surface area (Å²) in [6.45, 7) is 3.87. The minimum Gasteiger partial charge on any atom is -0.376 e. The highest BCUT2D eigenvalue weighted by molar-refractivity contribution is 9.10. The van der Waals surface area contributed by atoms with Crippen LogP contribution >= 0.6 is 15.9 Å². The molecule has 0 aliphatic rings. The fourth-order valence-electron chi connectivity index (χ4n) is 2.06. The molecule has 2 aromatic carbocycles. The number of amides is 2. The molecule has 24 heavy (non-hydrogen) atoms. The van der Waals surface area contributed by atoms with E-state index in [4.69, 9.17) is 0 Å². The summed E-state index contributed by atoms with van der Waals surface area (Å²) in [4.78, 5) is 23.6. The van der Waals surface area contributed by atoms with E-state index < -0.39 is 0 Å². The van der Waals surface area contributed by atoms with Crippen molar-refractivity contribution >= 4 is 44.8 Å². The maximum absolute atomic E-state index is 12.0. The van der Waals surface area contributed by atoms with E-state index in [1.165, 1.54) is 0 Å². The Bertz CT molecular complexity index is 747. The summed E-state index contributed by atoms with van der Waals surface area (Å²) in [7, 11) is 0. The SMILES string of the molecule is CCC(=O)Nc1cc(NCC(=O)Nc2cccc(Br)c2)ccc1C. The van der Waals surface area contributed by atoms with Crippen LogP contribution in [-0.2, 0) is 9.59 Å². The Morgan fingerprint density at radius 1 is 1.00 bits per heavy atom.